The largest absolute Gasteiger partial charge is 0.383 e. The van der Waals surface area contributed by atoms with Crippen molar-refractivity contribution in [2.45, 2.75) is 0 Å². The smallest absolute Gasteiger partial charge is 0.255 e. The summed E-state index contributed by atoms with van der Waals surface area (Å²) in [6, 6.07) is 2.94. The third-order valence-electron chi connectivity index (χ3n) is 2.46. The second kappa shape index (κ2) is 7.73. The molecule has 0 aromatic carbocycles. The molecular formula is C12H18FN3O2. The monoisotopic (exact) mass is 255 g/mol. The van der Waals surface area contributed by atoms with Crippen LogP contribution in [0.3, 0.4) is 0 Å². The van der Waals surface area contributed by atoms with E-state index in [1.54, 1.807) is 7.11 Å². The number of ether oxygens (including phenoxy) is 1. The Balaban J connectivity index is 2.32. The van der Waals surface area contributed by atoms with E-state index in [0.717, 1.165) is 6.54 Å². The lowest BCUT2D eigenvalue weighted by Crippen LogP contribution is -2.34. The van der Waals surface area contributed by atoms with Crippen LogP contribution in [0.2, 0.25) is 0 Å². The molecule has 1 aromatic rings. The number of pyridine rings is 1. The minimum absolute atomic E-state index is 0.0305. The number of hydrogen-bond acceptors (Lipinski definition) is 4. The van der Waals surface area contributed by atoms with Crippen molar-refractivity contribution >= 4 is 5.91 Å². The summed E-state index contributed by atoms with van der Waals surface area (Å²) >= 11 is 0. The van der Waals surface area contributed by atoms with Crippen LogP contribution >= 0.6 is 0 Å². The van der Waals surface area contributed by atoms with Gasteiger partial charge in [-0.1, -0.05) is 0 Å². The number of likely N-dealkylation sites (N-methyl/N-ethyl adjacent to an activating group) is 1. The highest BCUT2D eigenvalue weighted by molar-refractivity contribution is 5.94. The van der Waals surface area contributed by atoms with Gasteiger partial charge >= 0.3 is 0 Å². The summed E-state index contributed by atoms with van der Waals surface area (Å²) in [5.41, 5.74) is -0.0305. The van der Waals surface area contributed by atoms with Crippen LogP contribution in [-0.2, 0) is 4.74 Å². The average Bonchev–Trinajstić information content (AvgIpc) is 2.36. The Hall–Kier alpha value is -1.53. The second-order valence-corrected chi connectivity index (χ2v) is 3.89. The van der Waals surface area contributed by atoms with Crippen LogP contribution in [0.4, 0.5) is 4.39 Å². The highest BCUT2D eigenvalue weighted by atomic mass is 19.1. The van der Waals surface area contributed by atoms with E-state index < -0.39 is 11.9 Å². The number of nitrogens with zero attached hydrogens (tertiary/aromatic N) is 2. The summed E-state index contributed by atoms with van der Waals surface area (Å²) in [4.78, 5) is 17.1. The predicted octanol–water partition coefficient (Wildman–Crippen LogP) is 0.529. The molecule has 100 valence electrons. The number of methoxy groups -OCH3 is 1. The van der Waals surface area contributed by atoms with E-state index in [-0.39, 0.29) is 5.56 Å². The molecular weight excluding hydrogens is 237 g/mol. The number of halogens is 1. The summed E-state index contributed by atoms with van der Waals surface area (Å²) in [6.07, 6.45) is 1.31. The molecule has 6 heteroatoms. The molecule has 0 aliphatic heterocycles. The van der Waals surface area contributed by atoms with Gasteiger partial charge < -0.3 is 15.0 Å². The summed E-state index contributed by atoms with van der Waals surface area (Å²) in [6.45, 7) is 2.56. The van der Waals surface area contributed by atoms with Crippen molar-refractivity contribution in [3.05, 3.63) is 29.8 Å². The van der Waals surface area contributed by atoms with Gasteiger partial charge in [-0.2, -0.15) is 4.39 Å². The van der Waals surface area contributed by atoms with Crippen molar-refractivity contribution in [1.29, 1.82) is 0 Å². The lowest BCUT2D eigenvalue weighted by atomic mass is 10.2. The van der Waals surface area contributed by atoms with Gasteiger partial charge in [0.05, 0.1) is 12.2 Å². The SMILES string of the molecule is COCCN(C)CCNC(=O)c1cccnc1F. The fourth-order valence-electron chi connectivity index (χ4n) is 1.37. The Morgan fingerprint density at radius 1 is 1.56 bits per heavy atom. The van der Waals surface area contributed by atoms with Crippen LogP contribution in [0.1, 0.15) is 10.4 Å². The van der Waals surface area contributed by atoms with Crippen LogP contribution in [0.5, 0.6) is 0 Å². The van der Waals surface area contributed by atoms with Crippen molar-refractivity contribution in [2.24, 2.45) is 0 Å². The van der Waals surface area contributed by atoms with E-state index in [0.29, 0.717) is 19.7 Å². The number of amides is 1. The zero-order chi connectivity index (χ0) is 13.4. The molecule has 0 bridgehead atoms. The van der Waals surface area contributed by atoms with Crippen molar-refractivity contribution in [2.75, 3.05) is 40.4 Å². The van der Waals surface area contributed by atoms with Gasteiger partial charge in [0.1, 0.15) is 0 Å². The topological polar surface area (TPSA) is 54.5 Å². The number of carbonyl (C=O) groups is 1. The molecule has 1 rings (SSSR count). The van der Waals surface area contributed by atoms with Gasteiger partial charge in [-0.25, -0.2) is 4.98 Å². The maximum atomic E-state index is 13.2. The standard InChI is InChI=1S/C12H18FN3O2/c1-16(8-9-18-2)7-6-15-12(17)10-4-3-5-14-11(10)13/h3-5H,6-9H2,1-2H3,(H,15,17). The highest BCUT2D eigenvalue weighted by Gasteiger charge is 2.11. The fraction of sp³-hybridized carbons (Fsp3) is 0.500. The van der Waals surface area contributed by atoms with Crippen molar-refractivity contribution in [3.8, 4) is 0 Å². The molecule has 1 amide bonds. The zero-order valence-corrected chi connectivity index (χ0v) is 10.6. The Labute approximate surface area is 106 Å². The minimum atomic E-state index is -0.747. The first-order valence-electron chi connectivity index (χ1n) is 5.71. The number of aromatic nitrogens is 1. The van der Waals surface area contributed by atoms with Crippen LogP contribution in [0, 0.1) is 5.95 Å². The summed E-state index contributed by atoms with van der Waals surface area (Å²) in [5, 5.41) is 2.65. The van der Waals surface area contributed by atoms with Crippen molar-refractivity contribution < 1.29 is 13.9 Å². The van der Waals surface area contributed by atoms with Gasteiger partial charge in [0.25, 0.3) is 5.91 Å². The normalized spacial score (nSPS) is 10.7. The van der Waals surface area contributed by atoms with Gasteiger partial charge in [0.15, 0.2) is 0 Å². The summed E-state index contributed by atoms with van der Waals surface area (Å²) < 4.78 is 18.1. The van der Waals surface area contributed by atoms with Crippen LogP contribution in [0.15, 0.2) is 18.3 Å². The molecule has 0 aliphatic rings. The van der Waals surface area contributed by atoms with E-state index >= 15 is 0 Å². The van der Waals surface area contributed by atoms with Gasteiger partial charge in [-0.15, -0.1) is 0 Å². The van der Waals surface area contributed by atoms with Gasteiger partial charge in [-0.3, -0.25) is 4.79 Å². The maximum absolute atomic E-state index is 13.2. The van der Waals surface area contributed by atoms with Crippen LogP contribution in [-0.4, -0.2) is 56.2 Å². The first kappa shape index (κ1) is 14.5. The van der Waals surface area contributed by atoms with Crippen LogP contribution < -0.4 is 5.32 Å². The molecule has 0 fully saturated rings. The van der Waals surface area contributed by atoms with Gasteiger partial charge in [0.2, 0.25) is 5.95 Å². The predicted molar refractivity (Wildman–Crippen MR) is 65.9 cm³/mol. The lowest BCUT2D eigenvalue weighted by molar-refractivity contribution is 0.0942. The molecule has 1 aromatic heterocycles. The molecule has 0 saturated heterocycles. The molecule has 0 atom stereocenters. The third kappa shape index (κ3) is 4.77. The summed E-state index contributed by atoms with van der Waals surface area (Å²) in [5.74, 6) is -1.19. The Morgan fingerprint density at radius 2 is 2.33 bits per heavy atom. The number of nitrogens with one attached hydrogen (secondary N) is 1. The maximum Gasteiger partial charge on any atom is 0.255 e. The number of rotatable bonds is 7. The minimum Gasteiger partial charge on any atom is -0.383 e. The second-order valence-electron chi connectivity index (χ2n) is 3.89. The zero-order valence-electron chi connectivity index (χ0n) is 10.6. The quantitative estimate of drug-likeness (QED) is 0.722. The molecule has 0 unspecified atom stereocenters. The first-order valence-corrected chi connectivity index (χ1v) is 5.71. The molecule has 0 radical (unpaired) electrons. The lowest BCUT2D eigenvalue weighted by Gasteiger charge is -2.16. The van der Waals surface area contributed by atoms with Crippen molar-refractivity contribution in [3.63, 3.8) is 0 Å². The molecule has 0 spiro atoms. The van der Waals surface area contributed by atoms with E-state index in [2.05, 4.69) is 10.3 Å². The number of hydrogen-bond donors (Lipinski definition) is 1. The molecule has 5 nitrogen and oxygen atoms in total. The third-order valence-corrected chi connectivity index (χ3v) is 2.46. The molecule has 1 N–H and O–H groups in total. The molecule has 0 aliphatic carbocycles. The molecule has 18 heavy (non-hydrogen) atoms. The number of carbonyl (C=O) groups excluding carboxylic acids is 1. The van der Waals surface area contributed by atoms with Crippen molar-refractivity contribution in [1.82, 2.24) is 15.2 Å². The van der Waals surface area contributed by atoms with Crippen LogP contribution in [0.25, 0.3) is 0 Å². The first-order chi connectivity index (χ1) is 8.65. The highest BCUT2D eigenvalue weighted by Crippen LogP contribution is 2.02. The Morgan fingerprint density at radius 3 is 3.00 bits per heavy atom. The Bertz CT molecular complexity index is 387. The summed E-state index contributed by atoms with van der Waals surface area (Å²) in [7, 11) is 3.57. The molecule has 0 saturated carbocycles. The van der Waals surface area contributed by atoms with E-state index in [9.17, 15) is 9.18 Å². The van der Waals surface area contributed by atoms with E-state index in [1.807, 2.05) is 11.9 Å². The van der Waals surface area contributed by atoms with E-state index in [1.165, 1.54) is 18.3 Å². The average molecular weight is 255 g/mol. The van der Waals surface area contributed by atoms with E-state index in [4.69, 9.17) is 4.74 Å². The Kier molecular flexibility index (Phi) is 6.24. The fourth-order valence-corrected chi connectivity index (χ4v) is 1.37. The van der Waals surface area contributed by atoms with Gasteiger partial charge in [0, 0.05) is 32.9 Å². The molecule has 1 heterocycles. The van der Waals surface area contributed by atoms with Gasteiger partial charge in [-0.05, 0) is 19.2 Å².